The number of nitrogens with one attached hydrogen (secondary N) is 1. The summed E-state index contributed by atoms with van der Waals surface area (Å²) in [6, 6.07) is 9.33. The highest BCUT2D eigenvalue weighted by Gasteiger charge is 2.28. The molecule has 1 amide bonds. The molecule has 106 valence electrons. The molecule has 1 aromatic rings. The van der Waals surface area contributed by atoms with Crippen molar-refractivity contribution >= 4 is 11.6 Å². The first-order chi connectivity index (χ1) is 9.61. The number of anilines is 1. The third kappa shape index (κ3) is 3.35. The molecule has 2 rings (SSSR count). The molecule has 5 heteroatoms. The number of nitriles is 1. The van der Waals surface area contributed by atoms with Gasteiger partial charge in [0.05, 0.1) is 23.9 Å². The summed E-state index contributed by atoms with van der Waals surface area (Å²) in [6.45, 7) is 3.06. The number of carbonyl (C=O) groups is 1. The summed E-state index contributed by atoms with van der Waals surface area (Å²) in [7, 11) is 1.92. The van der Waals surface area contributed by atoms with Crippen molar-refractivity contribution in [1.82, 2.24) is 4.90 Å². The Bertz CT molecular complexity index is 524. The summed E-state index contributed by atoms with van der Waals surface area (Å²) < 4.78 is 5.51. The fourth-order valence-corrected chi connectivity index (χ4v) is 2.52. The van der Waals surface area contributed by atoms with Crippen LogP contribution in [0, 0.1) is 11.3 Å². The fraction of sp³-hybridized carbons (Fsp3) is 0.467. The van der Waals surface area contributed by atoms with E-state index in [4.69, 9.17) is 10.00 Å². The summed E-state index contributed by atoms with van der Waals surface area (Å²) >= 11 is 0. The Kier molecular flexibility index (Phi) is 4.72. The average molecular weight is 273 g/mol. The number of nitrogens with zero attached hydrogens (tertiary/aromatic N) is 2. The lowest BCUT2D eigenvalue weighted by atomic mass is 10.1. The van der Waals surface area contributed by atoms with Crippen LogP contribution in [-0.2, 0) is 9.53 Å². The average Bonchev–Trinajstić information content (AvgIpc) is 2.85. The van der Waals surface area contributed by atoms with E-state index in [1.165, 1.54) is 0 Å². The molecule has 1 aliphatic rings. The van der Waals surface area contributed by atoms with Gasteiger partial charge in [-0.1, -0.05) is 12.1 Å². The maximum atomic E-state index is 12.1. The number of hydrogen-bond acceptors (Lipinski definition) is 4. The molecule has 1 saturated heterocycles. The molecule has 1 fully saturated rings. The second kappa shape index (κ2) is 6.51. The van der Waals surface area contributed by atoms with Gasteiger partial charge < -0.3 is 10.1 Å². The maximum absolute atomic E-state index is 12.1. The molecule has 1 aliphatic heterocycles. The van der Waals surface area contributed by atoms with E-state index in [1.807, 2.05) is 18.9 Å². The lowest BCUT2D eigenvalue weighted by Crippen LogP contribution is -2.41. The minimum Gasteiger partial charge on any atom is -0.377 e. The van der Waals surface area contributed by atoms with E-state index in [-0.39, 0.29) is 24.6 Å². The van der Waals surface area contributed by atoms with Crippen LogP contribution in [0.5, 0.6) is 0 Å². The van der Waals surface area contributed by atoms with E-state index in [1.54, 1.807) is 24.3 Å². The van der Waals surface area contributed by atoms with Crippen molar-refractivity contribution in [2.45, 2.75) is 25.5 Å². The number of para-hydroxylation sites is 1. The Balaban J connectivity index is 1.94. The first-order valence-corrected chi connectivity index (χ1v) is 6.72. The smallest absolute Gasteiger partial charge is 0.238 e. The van der Waals surface area contributed by atoms with Gasteiger partial charge in [-0.2, -0.15) is 5.26 Å². The summed E-state index contributed by atoms with van der Waals surface area (Å²) in [5.41, 5.74) is 1.03. The molecular formula is C15H19N3O2. The molecule has 1 aromatic carbocycles. The quantitative estimate of drug-likeness (QED) is 0.905. The molecule has 0 aliphatic carbocycles. The summed E-state index contributed by atoms with van der Waals surface area (Å²) in [5, 5.41) is 11.8. The standard InChI is InChI=1S/C15H19N3O2/c1-11-14(7-8-20-11)18(2)10-15(19)17-13-6-4-3-5-12(13)9-16/h3-6,11,14H,7-8,10H2,1-2H3,(H,17,19). The number of carbonyl (C=O) groups excluding carboxylic acids is 1. The monoisotopic (exact) mass is 273 g/mol. The third-order valence-electron chi connectivity index (χ3n) is 3.62. The highest BCUT2D eigenvalue weighted by atomic mass is 16.5. The second-order valence-corrected chi connectivity index (χ2v) is 5.05. The Morgan fingerprint density at radius 1 is 1.55 bits per heavy atom. The molecule has 0 aromatic heterocycles. The first-order valence-electron chi connectivity index (χ1n) is 6.72. The molecule has 0 radical (unpaired) electrons. The van der Waals surface area contributed by atoms with E-state index >= 15 is 0 Å². The van der Waals surface area contributed by atoms with Gasteiger partial charge in [0.25, 0.3) is 0 Å². The molecular weight excluding hydrogens is 254 g/mol. The van der Waals surface area contributed by atoms with Gasteiger partial charge in [-0.05, 0) is 32.5 Å². The van der Waals surface area contributed by atoms with Crippen molar-refractivity contribution in [2.24, 2.45) is 0 Å². The van der Waals surface area contributed by atoms with Gasteiger partial charge in [-0.3, -0.25) is 9.69 Å². The van der Waals surface area contributed by atoms with Crippen LogP contribution >= 0.6 is 0 Å². The SMILES string of the molecule is CC1OCCC1N(C)CC(=O)Nc1ccccc1C#N. The molecule has 20 heavy (non-hydrogen) atoms. The predicted octanol–water partition coefficient (Wildman–Crippen LogP) is 1.61. The van der Waals surface area contributed by atoms with Crippen molar-refractivity contribution in [3.05, 3.63) is 29.8 Å². The Morgan fingerprint density at radius 2 is 2.30 bits per heavy atom. The van der Waals surface area contributed by atoms with E-state index in [0.29, 0.717) is 11.3 Å². The van der Waals surface area contributed by atoms with Gasteiger partial charge in [0.15, 0.2) is 0 Å². The van der Waals surface area contributed by atoms with Crippen LogP contribution in [-0.4, -0.2) is 43.2 Å². The minimum atomic E-state index is -0.116. The Hall–Kier alpha value is -1.90. The first kappa shape index (κ1) is 14.5. The molecule has 1 heterocycles. The van der Waals surface area contributed by atoms with Crippen molar-refractivity contribution < 1.29 is 9.53 Å². The predicted molar refractivity (Wildman–Crippen MR) is 76.2 cm³/mol. The van der Waals surface area contributed by atoms with Crippen LogP contribution in [0.15, 0.2) is 24.3 Å². The van der Waals surface area contributed by atoms with E-state index in [9.17, 15) is 4.79 Å². The highest BCUT2D eigenvalue weighted by molar-refractivity contribution is 5.93. The Morgan fingerprint density at radius 3 is 2.95 bits per heavy atom. The molecule has 0 spiro atoms. The summed E-state index contributed by atoms with van der Waals surface area (Å²) in [6.07, 6.45) is 1.10. The van der Waals surface area contributed by atoms with Crippen molar-refractivity contribution in [1.29, 1.82) is 5.26 Å². The van der Waals surface area contributed by atoms with Gasteiger partial charge in [0.1, 0.15) is 6.07 Å². The fourth-order valence-electron chi connectivity index (χ4n) is 2.52. The normalized spacial score (nSPS) is 21.7. The third-order valence-corrected chi connectivity index (χ3v) is 3.62. The van der Waals surface area contributed by atoms with Crippen LogP contribution in [0.3, 0.4) is 0 Å². The van der Waals surface area contributed by atoms with Crippen LogP contribution in [0.25, 0.3) is 0 Å². The van der Waals surface area contributed by atoms with E-state index in [0.717, 1.165) is 13.0 Å². The summed E-state index contributed by atoms with van der Waals surface area (Å²) in [4.78, 5) is 14.1. The molecule has 5 nitrogen and oxygen atoms in total. The van der Waals surface area contributed by atoms with Crippen LogP contribution in [0.4, 0.5) is 5.69 Å². The Labute approximate surface area is 119 Å². The van der Waals surface area contributed by atoms with Crippen LogP contribution in [0.1, 0.15) is 18.9 Å². The molecule has 2 unspecified atom stereocenters. The van der Waals surface area contributed by atoms with Gasteiger partial charge >= 0.3 is 0 Å². The highest BCUT2D eigenvalue weighted by Crippen LogP contribution is 2.18. The lowest BCUT2D eigenvalue weighted by molar-refractivity contribution is -0.117. The maximum Gasteiger partial charge on any atom is 0.238 e. The molecule has 0 saturated carbocycles. The van der Waals surface area contributed by atoms with Gasteiger partial charge in [-0.25, -0.2) is 0 Å². The number of ether oxygens (including phenoxy) is 1. The molecule has 1 N–H and O–H groups in total. The zero-order valence-electron chi connectivity index (χ0n) is 11.8. The number of rotatable bonds is 4. The van der Waals surface area contributed by atoms with Crippen molar-refractivity contribution in [2.75, 3.05) is 25.5 Å². The topological polar surface area (TPSA) is 65.4 Å². The largest absolute Gasteiger partial charge is 0.377 e. The van der Waals surface area contributed by atoms with Crippen molar-refractivity contribution in [3.8, 4) is 6.07 Å². The van der Waals surface area contributed by atoms with E-state index < -0.39 is 0 Å². The van der Waals surface area contributed by atoms with E-state index in [2.05, 4.69) is 11.4 Å². The van der Waals surface area contributed by atoms with Crippen molar-refractivity contribution in [3.63, 3.8) is 0 Å². The van der Waals surface area contributed by atoms with Gasteiger partial charge in [-0.15, -0.1) is 0 Å². The lowest BCUT2D eigenvalue weighted by Gasteiger charge is -2.25. The van der Waals surface area contributed by atoms with Crippen LogP contribution in [0.2, 0.25) is 0 Å². The second-order valence-electron chi connectivity index (χ2n) is 5.05. The number of likely N-dealkylation sites (N-methyl/N-ethyl adjacent to an activating group) is 1. The number of amides is 1. The number of hydrogen-bond donors (Lipinski definition) is 1. The summed E-state index contributed by atoms with van der Waals surface area (Å²) in [5.74, 6) is -0.116. The van der Waals surface area contributed by atoms with Crippen LogP contribution < -0.4 is 5.32 Å². The minimum absolute atomic E-state index is 0.116. The number of benzene rings is 1. The molecule has 0 bridgehead atoms. The molecule has 2 atom stereocenters. The zero-order valence-corrected chi connectivity index (χ0v) is 11.8. The van der Waals surface area contributed by atoms with Gasteiger partial charge in [0, 0.05) is 12.6 Å². The van der Waals surface area contributed by atoms with Gasteiger partial charge in [0.2, 0.25) is 5.91 Å². The zero-order chi connectivity index (χ0) is 14.5.